The van der Waals surface area contributed by atoms with Crippen LogP contribution in [-0.2, 0) is 9.53 Å². The smallest absolute Gasteiger partial charge is 0.464 e. The summed E-state index contributed by atoms with van der Waals surface area (Å²) in [6.45, 7) is 1.65. The molecular formula is C18H19F3N3O4+. The first kappa shape index (κ1) is 21.0. The van der Waals surface area contributed by atoms with Crippen molar-refractivity contribution in [3.63, 3.8) is 0 Å². The molecule has 0 aliphatic heterocycles. The normalized spacial score (nSPS) is 13.2. The number of benzene rings is 1. The van der Waals surface area contributed by atoms with Crippen LogP contribution in [0.25, 0.3) is 0 Å². The molecule has 1 amide bonds. The number of H-pyrrole nitrogens is 1. The molecule has 0 aliphatic rings. The van der Waals surface area contributed by atoms with Gasteiger partial charge in [-0.15, -0.1) is 0 Å². The third kappa shape index (κ3) is 4.16. The number of rotatable bonds is 6. The zero-order valence-corrected chi connectivity index (χ0v) is 15.3. The highest BCUT2D eigenvalue weighted by molar-refractivity contribution is 6.01. The summed E-state index contributed by atoms with van der Waals surface area (Å²) in [5.74, 6) is -3.02. The lowest BCUT2D eigenvalue weighted by molar-refractivity contribution is -0.363. The molecule has 0 saturated heterocycles. The van der Waals surface area contributed by atoms with Crippen molar-refractivity contribution < 1.29 is 37.2 Å². The van der Waals surface area contributed by atoms with Gasteiger partial charge in [0.25, 0.3) is 11.7 Å². The summed E-state index contributed by atoms with van der Waals surface area (Å²) in [7, 11) is 2.06. The van der Waals surface area contributed by atoms with Crippen molar-refractivity contribution in [2.75, 3.05) is 19.5 Å². The Morgan fingerprint density at radius 2 is 1.79 bits per heavy atom. The number of carbonyl (C=O) groups is 2. The quantitative estimate of drug-likeness (QED) is 0.575. The Morgan fingerprint density at radius 3 is 2.36 bits per heavy atom. The minimum absolute atomic E-state index is 0.0445. The van der Waals surface area contributed by atoms with E-state index >= 15 is 0 Å². The lowest BCUT2D eigenvalue weighted by Crippen LogP contribution is -2.69. The molecular weight excluding hydrogens is 379 g/mol. The number of hydrogen-bond acceptors (Lipinski definition) is 5. The van der Waals surface area contributed by atoms with Crippen molar-refractivity contribution >= 4 is 17.7 Å². The summed E-state index contributed by atoms with van der Waals surface area (Å²) in [5, 5.41) is 3.76. The van der Waals surface area contributed by atoms with Crippen LogP contribution in [0.3, 0.4) is 0 Å². The Bertz CT molecular complexity index is 873. The van der Waals surface area contributed by atoms with Gasteiger partial charge in [-0.05, 0) is 30.7 Å². The molecule has 0 saturated carbocycles. The fourth-order valence-electron chi connectivity index (χ4n) is 2.47. The van der Waals surface area contributed by atoms with Gasteiger partial charge in [0.1, 0.15) is 5.75 Å². The molecule has 1 heterocycles. The van der Waals surface area contributed by atoms with Crippen LogP contribution in [0.5, 0.6) is 5.75 Å². The van der Waals surface area contributed by atoms with Crippen LogP contribution in [0, 0.1) is 6.92 Å². The molecule has 1 atom stereocenters. The van der Waals surface area contributed by atoms with Crippen molar-refractivity contribution in [2.24, 2.45) is 0 Å². The zero-order chi connectivity index (χ0) is 20.9. The van der Waals surface area contributed by atoms with Crippen molar-refractivity contribution in [2.45, 2.75) is 18.8 Å². The maximum Gasteiger partial charge on any atom is 0.464 e. The number of amides is 1. The van der Waals surface area contributed by atoms with Crippen LogP contribution < -0.4 is 20.4 Å². The van der Waals surface area contributed by atoms with E-state index in [0.29, 0.717) is 5.56 Å². The van der Waals surface area contributed by atoms with Gasteiger partial charge >= 0.3 is 17.8 Å². The van der Waals surface area contributed by atoms with E-state index in [1.165, 1.54) is 37.6 Å². The highest BCUT2D eigenvalue weighted by Crippen LogP contribution is 2.33. The van der Waals surface area contributed by atoms with Crippen molar-refractivity contribution in [1.29, 1.82) is 0 Å². The second-order valence-corrected chi connectivity index (χ2v) is 5.80. The molecule has 150 valence electrons. The number of ether oxygens (including phenoxy) is 2. The minimum Gasteiger partial charge on any atom is -0.496 e. The highest BCUT2D eigenvalue weighted by atomic mass is 19.4. The molecule has 0 aliphatic carbocycles. The number of carbonyl (C=O) groups excluding carboxylic acids is 2. The summed E-state index contributed by atoms with van der Waals surface area (Å²) in [6.07, 6.45) is -3.85. The average Bonchev–Trinajstić information content (AvgIpc) is 2.65. The molecule has 10 heteroatoms. The van der Waals surface area contributed by atoms with E-state index in [0.717, 1.165) is 7.11 Å². The Morgan fingerprint density at radius 1 is 1.11 bits per heavy atom. The molecule has 2 rings (SSSR count). The van der Waals surface area contributed by atoms with E-state index in [-0.39, 0.29) is 17.1 Å². The van der Waals surface area contributed by atoms with Crippen LogP contribution in [0.4, 0.5) is 19.0 Å². The molecule has 2 aromatic rings. The number of methoxy groups -OCH3 is 2. The van der Waals surface area contributed by atoms with E-state index in [1.54, 1.807) is 24.4 Å². The molecule has 3 N–H and O–H groups in total. The Kier molecular flexibility index (Phi) is 6.12. The molecule has 28 heavy (non-hydrogen) atoms. The lowest BCUT2D eigenvalue weighted by Gasteiger charge is -2.30. The Balaban J connectivity index is 2.53. The van der Waals surface area contributed by atoms with Gasteiger partial charge in [0, 0.05) is 6.07 Å². The predicted octanol–water partition coefficient (Wildman–Crippen LogP) is 2.09. The van der Waals surface area contributed by atoms with E-state index in [2.05, 4.69) is 9.72 Å². The molecule has 1 aromatic carbocycles. The predicted molar refractivity (Wildman–Crippen MR) is 92.6 cm³/mol. The number of pyridine rings is 1. The number of aryl methyl sites for hydroxylation is 1. The monoisotopic (exact) mass is 398 g/mol. The van der Waals surface area contributed by atoms with Gasteiger partial charge in [-0.2, -0.15) is 13.2 Å². The van der Waals surface area contributed by atoms with Gasteiger partial charge in [0.05, 0.1) is 26.0 Å². The first-order valence-corrected chi connectivity index (χ1v) is 8.02. The van der Waals surface area contributed by atoms with Crippen molar-refractivity contribution in [3.8, 4) is 5.75 Å². The van der Waals surface area contributed by atoms with E-state index in [1.807, 2.05) is 5.32 Å². The van der Waals surface area contributed by atoms with Gasteiger partial charge in [-0.3, -0.25) is 10.1 Å². The van der Waals surface area contributed by atoms with Crippen LogP contribution in [-0.4, -0.2) is 37.9 Å². The number of aromatic amines is 1. The maximum atomic E-state index is 14.0. The minimum atomic E-state index is -5.24. The van der Waals surface area contributed by atoms with E-state index in [9.17, 15) is 22.8 Å². The largest absolute Gasteiger partial charge is 0.496 e. The zero-order valence-electron chi connectivity index (χ0n) is 15.3. The SMILES string of the molecule is COC(=O)[C@](NC(=O)c1ccccc1OC)(Nc1cc(C)cc[nH+]1)C(F)(F)F. The summed E-state index contributed by atoms with van der Waals surface area (Å²) in [5.41, 5.74) is -3.10. The number of halogens is 3. The summed E-state index contributed by atoms with van der Waals surface area (Å²) in [6, 6.07) is 8.64. The molecule has 0 radical (unpaired) electrons. The molecule has 7 nitrogen and oxygen atoms in total. The number of alkyl halides is 3. The number of hydrogen-bond donors (Lipinski definition) is 2. The molecule has 1 aromatic heterocycles. The standard InChI is InChI=1S/C18H18F3N3O4/c1-11-8-9-22-14(10-11)23-17(16(26)28-3,18(19,20)21)24-15(25)12-6-4-5-7-13(12)27-2/h4-10H,1-3H3,(H,22,23)(H,24,25)/p+1/t17-/m1/s1. The fourth-order valence-corrected chi connectivity index (χ4v) is 2.47. The Labute approximate surface area is 158 Å². The van der Waals surface area contributed by atoms with Crippen LogP contribution in [0.15, 0.2) is 42.6 Å². The lowest BCUT2D eigenvalue weighted by atomic mass is 10.1. The number of para-hydroxylation sites is 1. The van der Waals surface area contributed by atoms with Crippen LogP contribution in [0.1, 0.15) is 15.9 Å². The first-order valence-electron chi connectivity index (χ1n) is 8.02. The topological polar surface area (TPSA) is 90.8 Å². The second kappa shape index (κ2) is 8.15. The Hall–Kier alpha value is -3.30. The fraction of sp³-hybridized carbons (Fsp3) is 0.278. The van der Waals surface area contributed by atoms with Gasteiger partial charge in [-0.1, -0.05) is 12.1 Å². The molecule has 0 spiro atoms. The number of esters is 1. The van der Waals surface area contributed by atoms with Crippen molar-refractivity contribution in [3.05, 3.63) is 53.7 Å². The second-order valence-electron chi connectivity index (χ2n) is 5.80. The summed E-state index contributed by atoms with van der Waals surface area (Å²) < 4.78 is 51.5. The maximum absolute atomic E-state index is 14.0. The van der Waals surface area contributed by atoms with Gasteiger partial charge in [-0.25, -0.2) is 15.1 Å². The summed E-state index contributed by atoms with van der Waals surface area (Å²) >= 11 is 0. The van der Waals surface area contributed by atoms with Gasteiger partial charge < -0.3 is 9.47 Å². The molecule has 0 bridgehead atoms. The van der Waals surface area contributed by atoms with Crippen molar-refractivity contribution in [1.82, 2.24) is 5.32 Å². The third-order valence-electron chi connectivity index (χ3n) is 3.85. The third-order valence-corrected chi connectivity index (χ3v) is 3.85. The average molecular weight is 398 g/mol. The molecule has 0 fully saturated rings. The van der Waals surface area contributed by atoms with Gasteiger partial charge in [0.15, 0.2) is 0 Å². The number of nitrogens with one attached hydrogen (secondary N) is 3. The van der Waals surface area contributed by atoms with Crippen LogP contribution in [0.2, 0.25) is 0 Å². The number of anilines is 1. The molecule has 0 unspecified atom stereocenters. The van der Waals surface area contributed by atoms with E-state index < -0.39 is 23.7 Å². The highest BCUT2D eigenvalue weighted by Gasteiger charge is 2.67. The van der Waals surface area contributed by atoms with E-state index in [4.69, 9.17) is 4.74 Å². The summed E-state index contributed by atoms with van der Waals surface area (Å²) in [4.78, 5) is 27.4. The number of aromatic nitrogens is 1. The van der Waals surface area contributed by atoms with Crippen LogP contribution >= 0.6 is 0 Å². The first-order chi connectivity index (χ1) is 13.1. The van der Waals surface area contributed by atoms with Gasteiger partial charge in [0.2, 0.25) is 0 Å².